The first-order chi connectivity index (χ1) is 20.0. The molecular formula is C40H45SiZr. The molecule has 0 saturated carbocycles. The van der Waals surface area contributed by atoms with Gasteiger partial charge in [0.05, 0.1) is 0 Å². The van der Waals surface area contributed by atoms with Crippen LogP contribution in [0.5, 0.6) is 0 Å². The van der Waals surface area contributed by atoms with Gasteiger partial charge in [-0.1, -0.05) is 0 Å². The normalized spacial score (nSPS) is 17.3. The third kappa shape index (κ3) is 4.65. The Labute approximate surface area is 262 Å². The van der Waals surface area contributed by atoms with Gasteiger partial charge >= 0.3 is 264 Å². The minimum atomic E-state index is -2.08. The van der Waals surface area contributed by atoms with Crippen LogP contribution in [0.2, 0.25) is 13.1 Å². The van der Waals surface area contributed by atoms with Gasteiger partial charge in [-0.25, -0.2) is 0 Å². The van der Waals surface area contributed by atoms with Crippen LogP contribution < -0.4 is 0 Å². The summed E-state index contributed by atoms with van der Waals surface area (Å²) >= 11 is -2.08. The summed E-state index contributed by atoms with van der Waals surface area (Å²) in [6, 6.07) is 23.7. The van der Waals surface area contributed by atoms with E-state index in [4.69, 9.17) is 0 Å². The molecule has 2 atom stereocenters. The number of fused-ring (bicyclic) bond motifs is 2. The Bertz CT molecular complexity index is 1670. The maximum absolute atomic E-state index is 2.67. The molecule has 0 fully saturated rings. The van der Waals surface area contributed by atoms with Gasteiger partial charge in [-0.05, 0) is 0 Å². The van der Waals surface area contributed by atoms with Gasteiger partial charge in [0.1, 0.15) is 0 Å². The summed E-state index contributed by atoms with van der Waals surface area (Å²) < 4.78 is 1.32. The molecule has 4 aromatic carbocycles. The van der Waals surface area contributed by atoms with Crippen molar-refractivity contribution in [3.8, 4) is 22.3 Å². The Morgan fingerprint density at radius 2 is 0.881 bits per heavy atom. The third-order valence-corrected chi connectivity index (χ3v) is 32.7. The Balaban J connectivity index is 1.47. The van der Waals surface area contributed by atoms with E-state index >= 15 is 0 Å². The van der Waals surface area contributed by atoms with Crippen LogP contribution in [0.3, 0.4) is 0 Å². The SMILES string of the molecule is CC1=Cc2c(-c3ccc(C)c(C)c3C)cccc2[CH]1[Zr]([CH]1C(C)=Cc2c(-c3ccc(C)c(C)c3C)cccc21)[SiH](C)C. The number of benzene rings is 4. The van der Waals surface area contributed by atoms with Crippen molar-refractivity contribution in [2.45, 2.75) is 75.7 Å². The number of allylic oxidation sites excluding steroid dienone is 2. The molecule has 4 aromatic rings. The van der Waals surface area contributed by atoms with Gasteiger partial charge in [0.2, 0.25) is 0 Å². The molecule has 0 aliphatic heterocycles. The first kappa shape index (κ1) is 29.5. The summed E-state index contributed by atoms with van der Waals surface area (Å²) in [6.07, 6.45) is 5.15. The molecule has 2 unspecified atom stereocenters. The summed E-state index contributed by atoms with van der Waals surface area (Å²) in [6.45, 7) is 23.9. The fourth-order valence-corrected chi connectivity index (χ4v) is 31.0. The molecule has 0 nitrogen and oxygen atoms in total. The Morgan fingerprint density at radius 3 is 1.26 bits per heavy atom. The predicted molar refractivity (Wildman–Crippen MR) is 184 cm³/mol. The predicted octanol–water partition coefficient (Wildman–Crippen LogP) is 11.1. The molecule has 6 rings (SSSR count). The van der Waals surface area contributed by atoms with E-state index in [1.807, 2.05) is 0 Å². The molecule has 0 spiro atoms. The van der Waals surface area contributed by atoms with Gasteiger partial charge in [-0.15, -0.1) is 0 Å². The van der Waals surface area contributed by atoms with Crippen LogP contribution in [-0.4, -0.2) is 5.92 Å². The van der Waals surface area contributed by atoms with E-state index in [-0.39, 0.29) is 0 Å². The van der Waals surface area contributed by atoms with Crippen molar-refractivity contribution in [2.24, 2.45) is 0 Å². The molecule has 42 heavy (non-hydrogen) atoms. The van der Waals surface area contributed by atoms with Gasteiger partial charge in [-0.3, -0.25) is 0 Å². The van der Waals surface area contributed by atoms with E-state index in [2.05, 4.69) is 141 Å². The zero-order chi connectivity index (χ0) is 30.0. The fraction of sp³-hybridized carbons (Fsp3) is 0.300. The van der Waals surface area contributed by atoms with Crippen LogP contribution in [0.1, 0.15) is 76.7 Å². The second-order valence-corrected chi connectivity index (χ2v) is 33.3. The van der Waals surface area contributed by atoms with E-state index in [0.29, 0.717) is 7.25 Å². The molecule has 0 bridgehead atoms. The van der Waals surface area contributed by atoms with Gasteiger partial charge < -0.3 is 0 Å². The molecule has 2 heteroatoms. The van der Waals surface area contributed by atoms with Crippen LogP contribution in [-0.2, 0) is 20.9 Å². The van der Waals surface area contributed by atoms with Crippen molar-refractivity contribution >= 4 is 18.1 Å². The molecular weight excluding hydrogens is 600 g/mol. The van der Waals surface area contributed by atoms with Gasteiger partial charge in [0.25, 0.3) is 0 Å². The van der Waals surface area contributed by atoms with Gasteiger partial charge in [0.15, 0.2) is 0 Å². The van der Waals surface area contributed by atoms with Crippen LogP contribution in [0, 0.1) is 41.5 Å². The van der Waals surface area contributed by atoms with Crippen molar-refractivity contribution < 1.29 is 20.9 Å². The molecule has 0 N–H and O–H groups in total. The average Bonchev–Trinajstić information content (AvgIpc) is 3.47. The number of rotatable bonds is 5. The van der Waals surface area contributed by atoms with E-state index in [1.165, 1.54) is 66.8 Å². The van der Waals surface area contributed by atoms with E-state index < -0.39 is 26.8 Å². The summed E-state index contributed by atoms with van der Waals surface area (Å²) in [4.78, 5) is 0. The minimum absolute atomic E-state index is 0.659. The van der Waals surface area contributed by atoms with Crippen LogP contribution in [0.4, 0.5) is 0 Å². The molecule has 0 radical (unpaired) electrons. The maximum atomic E-state index is 2.67. The summed E-state index contributed by atoms with van der Waals surface area (Å²) in [5, 5.41) is 0. The van der Waals surface area contributed by atoms with Crippen LogP contribution in [0.25, 0.3) is 34.4 Å². The second-order valence-electron chi connectivity index (χ2n) is 13.3. The van der Waals surface area contributed by atoms with Crippen molar-refractivity contribution in [3.05, 3.63) is 127 Å². The van der Waals surface area contributed by atoms with Crippen molar-refractivity contribution in [1.29, 1.82) is 0 Å². The van der Waals surface area contributed by atoms with Crippen LogP contribution >= 0.6 is 0 Å². The molecule has 2 aliphatic rings. The standard InChI is InChI=1S/2C19H19.C2H7Si.Zr/c2*1-12-10-16-6-5-7-18(19(16)11-12)17-9-8-13(2)14(3)15(17)4;1-3-2;/h2*5-11H,1-4H3;3H,1-2H3;. The Kier molecular flexibility index (Phi) is 7.86. The Hall–Kier alpha value is -2.54. The van der Waals surface area contributed by atoms with E-state index in [9.17, 15) is 0 Å². The number of hydrogen-bond acceptors (Lipinski definition) is 0. The first-order valence-corrected chi connectivity index (χ1v) is 25.6. The van der Waals surface area contributed by atoms with Crippen molar-refractivity contribution in [1.82, 2.24) is 0 Å². The molecule has 0 aromatic heterocycles. The van der Waals surface area contributed by atoms with Gasteiger partial charge in [0, 0.05) is 0 Å². The first-order valence-electron chi connectivity index (χ1n) is 15.6. The molecule has 213 valence electrons. The summed E-state index contributed by atoms with van der Waals surface area (Å²) in [7, 11) is 0. The van der Waals surface area contributed by atoms with Crippen molar-refractivity contribution in [3.63, 3.8) is 0 Å². The zero-order valence-electron chi connectivity index (χ0n) is 27.2. The monoisotopic (exact) mass is 643 g/mol. The average molecular weight is 645 g/mol. The number of hydrogen-bond donors (Lipinski definition) is 0. The van der Waals surface area contributed by atoms with Gasteiger partial charge in [-0.2, -0.15) is 0 Å². The molecule has 2 aliphatic carbocycles. The topological polar surface area (TPSA) is 0 Å². The fourth-order valence-electron chi connectivity index (χ4n) is 7.79. The second kappa shape index (κ2) is 11.2. The Morgan fingerprint density at radius 1 is 0.476 bits per heavy atom. The van der Waals surface area contributed by atoms with E-state index in [1.54, 1.807) is 22.3 Å². The summed E-state index contributed by atoms with van der Waals surface area (Å²) in [5.41, 5.74) is 23.6. The number of aryl methyl sites for hydroxylation is 2. The van der Waals surface area contributed by atoms with E-state index in [0.717, 1.165) is 0 Å². The summed E-state index contributed by atoms with van der Waals surface area (Å²) in [5.74, 6) is -0.900. The molecule has 0 heterocycles. The quantitative estimate of drug-likeness (QED) is 0.190. The third-order valence-electron chi connectivity index (χ3n) is 10.6. The zero-order valence-corrected chi connectivity index (χ0v) is 30.8. The molecule has 0 amide bonds. The van der Waals surface area contributed by atoms with Crippen LogP contribution in [0.15, 0.2) is 71.8 Å². The van der Waals surface area contributed by atoms with Crippen molar-refractivity contribution in [2.75, 3.05) is 0 Å². The molecule has 0 saturated heterocycles.